The summed E-state index contributed by atoms with van der Waals surface area (Å²) in [5.41, 5.74) is 0. The fraction of sp³-hybridized carbons (Fsp3) is 0.917. The van der Waals surface area contributed by atoms with Crippen LogP contribution in [-0.4, -0.2) is 25.0 Å². The van der Waals surface area contributed by atoms with Gasteiger partial charge >= 0.3 is 0 Å². The summed E-state index contributed by atoms with van der Waals surface area (Å²) in [4.78, 5) is 11.4. The molecular formula is C12H24N2O. The molecule has 2 N–H and O–H groups in total. The largest absolute Gasteiger partial charge is 0.356 e. The lowest BCUT2D eigenvalue weighted by molar-refractivity contribution is -0.121. The van der Waals surface area contributed by atoms with Crippen molar-refractivity contribution in [3.05, 3.63) is 0 Å². The topological polar surface area (TPSA) is 41.1 Å². The van der Waals surface area contributed by atoms with Gasteiger partial charge in [-0.05, 0) is 24.7 Å². The quantitative estimate of drug-likeness (QED) is 0.672. The highest BCUT2D eigenvalue weighted by molar-refractivity contribution is 5.76. The molecule has 1 aliphatic carbocycles. The van der Waals surface area contributed by atoms with Gasteiger partial charge in [-0.15, -0.1) is 0 Å². The normalized spacial score (nSPS) is 17.9. The Morgan fingerprint density at radius 2 is 2.00 bits per heavy atom. The summed E-state index contributed by atoms with van der Waals surface area (Å²) >= 11 is 0. The zero-order valence-corrected chi connectivity index (χ0v) is 10.2. The molecule has 1 unspecified atom stereocenters. The van der Waals surface area contributed by atoms with Gasteiger partial charge in [0.2, 0.25) is 5.91 Å². The Morgan fingerprint density at radius 1 is 1.33 bits per heavy atom. The summed E-state index contributed by atoms with van der Waals surface area (Å²) in [5, 5.41) is 6.32. The first-order chi connectivity index (χ1) is 7.09. The molecule has 0 saturated heterocycles. The fourth-order valence-corrected chi connectivity index (χ4v) is 1.28. The lowest BCUT2D eigenvalue weighted by Gasteiger charge is -2.16. The minimum atomic E-state index is 0.177. The molecule has 88 valence electrons. The van der Waals surface area contributed by atoms with Gasteiger partial charge in [-0.3, -0.25) is 4.79 Å². The van der Waals surface area contributed by atoms with Crippen molar-refractivity contribution in [1.29, 1.82) is 0 Å². The molecule has 1 atom stereocenters. The Bertz CT molecular complexity index is 200. The first-order valence-electron chi connectivity index (χ1n) is 6.09. The third-order valence-electron chi connectivity index (χ3n) is 3.12. The lowest BCUT2D eigenvalue weighted by atomic mass is 9.98. The van der Waals surface area contributed by atoms with E-state index in [2.05, 4.69) is 31.4 Å². The van der Waals surface area contributed by atoms with Crippen LogP contribution in [0.15, 0.2) is 0 Å². The van der Waals surface area contributed by atoms with Crippen molar-refractivity contribution in [3.63, 3.8) is 0 Å². The molecule has 0 bridgehead atoms. The third kappa shape index (κ3) is 5.78. The van der Waals surface area contributed by atoms with Crippen LogP contribution in [-0.2, 0) is 4.79 Å². The first-order valence-corrected chi connectivity index (χ1v) is 6.09. The second-order valence-electron chi connectivity index (χ2n) is 5.00. The SMILES string of the molecule is CC(C)C(C)CNC(=O)CCNC1CC1. The molecule has 0 aromatic carbocycles. The average molecular weight is 212 g/mol. The highest BCUT2D eigenvalue weighted by Crippen LogP contribution is 2.18. The number of rotatable bonds is 7. The van der Waals surface area contributed by atoms with E-state index >= 15 is 0 Å². The van der Waals surface area contributed by atoms with E-state index in [0.29, 0.717) is 24.3 Å². The minimum absolute atomic E-state index is 0.177. The zero-order valence-electron chi connectivity index (χ0n) is 10.2. The molecule has 0 radical (unpaired) electrons. The molecule has 1 aliphatic rings. The average Bonchev–Trinajstić information content (AvgIpc) is 2.97. The highest BCUT2D eigenvalue weighted by atomic mass is 16.1. The molecule has 3 nitrogen and oxygen atoms in total. The summed E-state index contributed by atoms with van der Waals surface area (Å²) in [6.45, 7) is 8.18. The summed E-state index contributed by atoms with van der Waals surface area (Å²) in [5.74, 6) is 1.37. The van der Waals surface area contributed by atoms with Crippen LogP contribution in [0.25, 0.3) is 0 Å². The lowest BCUT2D eigenvalue weighted by Crippen LogP contribution is -2.32. The summed E-state index contributed by atoms with van der Waals surface area (Å²) in [7, 11) is 0. The van der Waals surface area contributed by atoms with Crippen LogP contribution in [0.3, 0.4) is 0 Å². The molecule has 0 aliphatic heterocycles. The van der Waals surface area contributed by atoms with E-state index in [1.54, 1.807) is 0 Å². The van der Waals surface area contributed by atoms with E-state index in [9.17, 15) is 4.79 Å². The van der Waals surface area contributed by atoms with Crippen LogP contribution in [0.1, 0.15) is 40.0 Å². The molecule has 1 fully saturated rings. The van der Waals surface area contributed by atoms with Crippen molar-refractivity contribution in [2.24, 2.45) is 11.8 Å². The Morgan fingerprint density at radius 3 is 2.53 bits per heavy atom. The van der Waals surface area contributed by atoms with Gasteiger partial charge in [0.1, 0.15) is 0 Å². The summed E-state index contributed by atoms with van der Waals surface area (Å²) in [6, 6.07) is 0.701. The predicted octanol–water partition coefficient (Wildman–Crippen LogP) is 1.54. The Kier molecular flexibility index (Phi) is 5.09. The monoisotopic (exact) mass is 212 g/mol. The summed E-state index contributed by atoms with van der Waals surface area (Å²) < 4.78 is 0. The number of hydrogen-bond donors (Lipinski definition) is 2. The third-order valence-corrected chi connectivity index (χ3v) is 3.12. The number of amides is 1. The fourth-order valence-electron chi connectivity index (χ4n) is 1.28. The van der Waals surface area contributed by atoms with Gasteiger partial charge in [-0.1, -0.05) is 20.8 Å². The molecular weight excluding hydrogens is 188 g/mol. The Hall–Kier alpha value is -0.570. The van der Waals surface area contributed by atoms with Gasteiger partial charge in [0, 0.05) is 25.6 Å². The van der Waals surface area contributed by atoms with Gasteiger partial charge < -0.3 is 10.6 Å². The Balaban J connectivity index is 1.96. The van der Waals surface area contributed by atoms with E-state index in [1.165, 1.54) is 12.8 Å². The molecule has 3 heteroatoms. The van der Waals surface area contributed by atoms with Gasteiger partial charge in [0.05, 0.1) is 0 Å². The minimum Gasteiger partial charge on any atom is -0.356 e. The van der Waals surface area contributed by atoms with Gasteiger partial charge in [0.15, 0.2) is 0 Å². The number of carbonyl (C=O) groups is 1. The van der Waals surface area contributed by atoms with Crippen LogP contribution in [0.5, 0.6) is 0 Å². The van der Waals surface area contributed by atoms with Crippen molar-refractivity contribution in [3.8, 4) is 0 Å². The van der Waals surface area contributed by atoms with Crippen LogP contribution >= 0.6 is 0 Å². The van der Waals surface area contributed by atoms with Crippen molar-refractivity contribution in [1.82, 2.24) is 10.6 Å². The van der Waals surface area contributed by atoms with E-state index in [1.807, 2.05) is 0 Å². The van der Waals surface area contributed by atoms with E-state index < -0.39 is 0 Å². The zero-order chi connectivity index (χ0) is 11.3. The van der Waals surface area contributed by atoms with Gasteiger partial charge in [0.25, 0.3) is 0 Å². The standard InChI is InChI=1S/C12H24N2O/c1-9(2)10(3)8-14-12(15)6-7-13-11-4-5-11/h9-11,13H,4-8H2,1-3H3,(H,14,15). The maximum atomic E-state index is 11.4. The predicted molar refractivity (Wildman–Crippen MR) is 62.7 cm³/mol. The highest BCUT2D eigenvalue weighted by Gasteiger charge is 2.20. The van der Waals surface area contributed by atoms with Crippen molar-refractivity contribution in [2.75, 3.05) is 13.1 Å². The number of nitrogens with one attached hydrogen (secondary N) is 2. The van der Waals surface area contributed by atoms with E-state index in [0.717, 1.165) is 13.1 Å². The van der Waals surface area contributed by atoms with Crippen LogP contribution < -0.4 is 10.6 Å². The van der Waals surface area contributed by atoms with E-state index in [-0.39, 0.29) is 5.91 Å². The first kappa shape index (κ1) is 12.5. The van der Waals surface area contributed by atoms with Crippen LogP contribution in [0, 0.1) is 11.8 Å². The molecule has 1 amide bonds. The maximum absolute atomic E-state index is 11.4. The van der Waals surface area contributed by atoms with Crippen molar-refractivity contribution in [2.45, 2.75) is 46.1 Å². The molecule has 1 rings (SSSR count). The molecule has 15 heavy (non-hydrogen) atoms. The molecule has 0 aromatic heterocycles. The van der Waals surface area contributed by atoms with Gasteiger partial charge in [-0.25, -0.2) is 0 Å². The molecule has 0 heterocycles. The van der Waals surface area contributed by atoms with Crippen LogP contribution in [0.2, 0.25) is 0 Å². The number of hydrogen-bond acceptors (Lipinski definition) is 2. The molecule has 0 aromatic rings. The Labute approximate surface area is 93.0 Å². The van der Waals surface area contributed by atoms with Crippen LogP contribution in [0.4, 0.5) is 0 Å². The summed E-state index contributed by atoms with van der Waals surface area (Å²) in [6.07, 6.45) is 3.18. The van der Waals surface area contributed by atoms with Gasteiger partial charge in [-0.2, -0.15) is 0 Å². The van der Waals surface area contributed by atoms with E-state index in [4.69, 9.17) is 0 Å². The smallest absolute Gasteiger partial charge is 0.221 e. The maximum Gasteiger partial charge on any atom is 0.221 e. The van der Waals surface area contributed by atoms with Crippen molar-refractivity contribution < 1.29 is 4.79 Å². The number of carbonyl (C=O) groups excluding carboxylic acids is 1. The second-order valence-corrected chi connectivity index (χ2v) is 5.00. The second kappa shape index (κ2) is 6.11. The van der Waals surface area contributed by atoms with Crippen molar-refractivity contribution >= 4 is 5.91 Å². The molecule has 0 spiro atoms. The molecule has 1 saturated carbocycles.